The highest BCUT2D eigenvalue weighted by Gasteiger charge is 2.05. The summed E-state index contributed by atoms with van der Waals surface area (Å²) in [6.07, 6.45) is 1.57. The van der Waals surface area contributed by atoms with E-state index in [2.05, 4.69) is 0 Å². The average Bonchev–Trinajstić information content (AvgIpc) is 2.21. The van der Waals surface area contributed by atoms with Crippen LogP contribution in [0.3, 0.4) is 0 Å². The van der Waals surface area contributed by atoms with Crippen molar-refractivity contribution in [2.75, 3.05) is 26.4 Å². The van der Waals surface area contributed by atoms with Crippen LogP contribution in [0, 0.1) is 0 Å². The van der Waals surface area contributed by atoms with Gasteiger partial charge in [0.2, 0.25) is 0 Å². The number of hydrogen-bond acceptors (Lipinski definition) is 4. The number of rotatable bonds is 9. The number of aliphatic hydroxyl groups excluding tert-OH is 2. The Morgan fingerprint density at radius 1 is 1.00 bits per heavy atom. The first-order chi connectivity index (χ1) is 6.70. The zero-order valence-electron chi connectivity index (χ0n) is 9.11. The third kappa shape index (κ3) is 8.44. The van der Waals surface area contributed by atoms with E-state index < -0.39 is 0 Å². The minimum atomic E-state index is -0.126. The van der Waals surface area contributed by atoms with Crippen molar-refractivity contribution >= 4 is 0 Å². The highest BCUT2D eigenvalue weighted by Crippen LogP contribution is 1.98. The molecule has 4 heteroatoms. The lowest BCUT2D eigenvalue weighted by atomic mass is 10.3. The van der Waals surface area contributed by atoms with Gasteiger partial charge in [0.05, 0.1) is 25.4 Å². The summed E-state index contributed by atoms with van der Waals surface area (Å²) in [4.78, 5) is 0. The SMILES string of the molecule is CC(CO)OCC(C)OCCCCO. The Kier molecular flexibility index (Phi) is 9.29. The maximum atomic E-state index is 8.70. The molecule has 4 nitrogen and oxygen atoms in total. The van der Waals surface area contributed by atoms with E-state index in [4.69, 9.17) is 19.7 Å². The molecular formula is C10H22O4. The zero-order valence-corrected chi connectivity index (χ0v) is 9.11. The van der Waals surface area contributed by atoms with Crippen LogP contribution in [0.15, 0.2) is 0 Å². The molecule has 2 N–H and O–H groups in total. The Bertz CT molecular complexity index is 119. The molecule has 0 radical (unpaired) electrons. The van der Waals surface area contributed by atoms with Crippen molar-refractivity contribution in [3.05, 3.63) is 0 Å². The molecule has 0 bridgehead atoms. The summed E-state index contributed by atoms with van der Waals surface area (Å²) in [6.45, 7) is 5.16. The van der Waals surface area contributed by atoms with E-state index in [0.29, 0.717) is 13.2 Å². The van der Waals surface area contributed by atoms with Crippen LogP contribution in [0.1, 0.15) is 26.7 Å². The quantitative estimate of drug-likeness (QED) is 0.541. The van der Waals surface area contributed by atoms with Gasteiger partial charge in [0.1, 0.15) is 0 Å². The van der Waals surface area contributed by atoms with E-state index in [1.165, 1.54) is 0 Å². The molecule has 0 saturated carbocycles. The summed E-state index contributed by atoms with van der Waals surface area (Å²) in [5, 5.41) is 17.2. The first-order valence-corrected chi connectivity index (χ1v) is 5.15. The van der Waals surface area contributed by atoms with E-state index in [0.717, 1.165) is 12.8 Å². The first-order valence-electron chi connectivity index (χ1n) is 5.15. The fraction of sp³-hybridized carbons (Fsp3) is 1.00. The lowest BCUT2D eigenvalue weighted by Gasteiger charge is -2.16. The Labute approximate surface area is 85.8 Å². The minimum Gasteiger partial charge on any atom is -0.396 e. The molecule has 0 spiro atoms. The van der Waals surface area contributed by atoms with E-state index in [1.54, 1.807) is 0 Å². The van der Waals surface area contributed by atoms with Crippen LogP contribution >= 0.6 is 0 Å². The topological polar surface area (TPSA) is 58.9 Å². The molecule has 0 aromatic carbocycles. The predicted molar refractivity (Wildman–Crippen MR) is 54.2 cm³/mol. The van der Waals surface area contributed by atoms with Gasteiger partial charge in [-0.1, -0.05) is 0 Å². The molecule has 0 aliphatic rings. The summed E-state index contributed by atoms with van der Waals surface area (Å²) < 4.78 is 10.7. The van der Waals surface area contributed by atoms with Gasteiger partial charge >= 0.3 is 0 Å². The largest absolute Gasteiger partial charge is 0.396 e. The molecule has 2 unspecified atom stereocenters. The molecule has 0 saturated heterocycles. The van der Waals surface area contributed by atoms with E-state index in [9.17, 15) is 0 Å². The van der Waals surface area contributed by atoms with Gasteiger partial charge in [-0.15, -0.1) is 0 Å². The van der Waals surface area contributed by atoms with Gasteiger partial charge in [-0.05, 0) is 26.7 Å². The minimum absolute atomic E-state index is 0.0389. The second-order valence-electron chi connectivity index (χ2n) is 3.44. The van der Waals surface area contributed by atoms with Crippen molar-refractivity contribution < 1.29 is 19.7 Å². The molecule has 0 aromatic rings. The van der Waals surface area contributed by atoms with E-state index in [1.807, 2.05) is 13.8 Å². The van der Waals surface area contributed by atoms with Gasteiger partial charge < -0.3 is 19.7 Å². The summed E-state index contributed by atoms with van der Waals surface area (Å²) in [6, 6.07) is 0. The van der Waals surface area contributed by atoms with Gasteiger partial charge in [-0.2, -0.15) is 0 Å². The molecule has 2 atom stereocenters. The van der Waals surface area contributed by atoms with Crippen LogP contribution in [-0.2, 0) is 9.47 Å². The number of hydrogen-bond donors (Lipinski definition) is 2. The molecule has 0 heterocycles. The van der Waals surface area contributed by atoms with E-state index >= 15 is 0 Å². The maximum absolute atomic E-state index is 8.70. The van der Waals surface area contributed by atoms with Crippen LogP contribution in [0.4, 0.5) is 0 Å². The van der Waals surface area contributed by atoms with Crippen LogP contribution in [0.25, 0.3) is 0 Å². The van der Waals surface area contributed by atoms with Crippen molar-refractivity contribution in [1.82, 2.24) is 0 Å². The molecule has 0 aromatic heterocycles. The number of unbranched alkanes of at least 4 members (excludes halogenated alkanes) is 1. The van der Waals surface area contributed by atoms with Crippen molar-refractivity contribution in [3.8, 4) is 0 Å². The second kappa shape index (κ2) is 9.40. The summed E-state index contributed by atoms with van der Waals surface area (Å²) in [7, 11) is 0. The Morgan fingerprint density at radius 2 is 1.71 bits per heavy atom. The summed E-state index contributed by atoms with van der Waals surface area (Å²) >= 11 is 0. The molecule has 0 fully saturated rings. The van der Waals surface area contributed by atoms with Crippen molar-refractivity contribution in [3.63, 3.8) is 0 Å². The predicted octanol–water partition coefficient (Wildman–Crippen LogP) is 0.561. The van der Waals surface area contributed by atoms with Crippen LogP contribution < -0.4 is 0 Å². The fourth-order valence-corrected chi connectivity index (χ4v) is 0.899. The van der Waals surface area contributed by atoms with Gasteiger partial charge in [0, 0.05) is 13.2 Å². The zero-order chi connectivity index (χ0) is 10.8. The Balaban J connectivity index is 3.23. The molecule has 14 heavy (non-hydrogen) atoms. The average molecular weight is 206 g/mol. The Morgan fingerprint density at radius 3 is 2.29 bits per heavy atom. The monoisotopic (exact) mass is 206 g/mol. The standard InChI is InChI=1S/C10H22O4/c1-9(7-12)14-8-10(2)13-6-4-3-5-11/h9-12H,3-8H2,1-2H3. The molecule has 86 valence electrons. The smallest absolute Gasteiger partial charge is 0.0780 e. The highest BCUT2D eigenvalue weighted by molar-refractivity contribution is 4.51. The third-order valence-electron chi connectivity index (χ3n) is 1.83. The molecule has 0 rings (SSSR count). The van der Waals surface area contributed by atoms with Gasteiger partial charge in [-0.25, -0.2) is 0 Å². The molecule has 0 amide bonds. The second-order valence-corrected chi connectivity index (χ2v) is 3.44. The fourth-order valence-electron chi connectivity index (χ4n) is 0.899. The van der Waals surface area contributed by atoms with Gasteiger partial charge in [0.25, 0.3) is 0 Å². The van der Waals surface area contributed by atoms with Crippen LogP contribution in [0.2, 0.25) is 0 Å². The van der Waals surface area contributed by atoms with Gasteiger partial charge in [0.15, 0.2) is 0 Å². The highest BCUT2D eigenvalue weighted by atomic mass is 16.5. The Hall–Kier alpha value is -0.160. The lowest BCUT2D eigenvalue weighted by molar-refractivity contribution is -0.0462. The number of aliphatic hydroxyl groups is 2. The maximum Gasteiger partial charge on any atom is 0.0780 e. The van der Waals surface area contributed by atoms with Crippen LogP contribution in [-0.4, -0.2) is 48.8 Å². The van der Waals surface area contributed by atoms with Crippen molar-refractivity contribution in [1.29, 1.82) is 0 Å². The van der Waals surface area contributed by atoms with E-state index in [-0.39, 0.29) is 25.4 Å². The number of ether oxygens (including phenoxy) is 2. The van der Waals surface area contributed by atoms with Crippen molar-refractivity contribution in [2.24, 2.45) is 0 Å². The summed E-state index contributed by atoms with van der Waals surface area (Å²) in [5.41, 5.74) is 0. The van der Waals surface area contributed by atoms with Crippen molar-refractivity contribution in [2.45, 2.75) is 38.9 Å². The molecule has 0 aliphatic carbocycles. The lowest BCUT2D eigenvalue weighted by Crippen LogP contribution is -2.22. The summed E-state index contributed by atoms with van der Waals surface area (Å²) in [5.74, 6) is 0. The third-order valence-corrected chi connectivity index (χ3v) is 1.83. The normalized spacial score (nSPS) is 15.4. The molecule has 0 aliphatic heterocycles. The first kappa shape index (κ1) is 13.8. The van der Waals surface area contributed by atoms with Gasteiger partial charge in [-0.3, -0.25) is 0 Å². The van der Waals surface area contributed by atoms with Crippen LogP contribution in [0.5, 0.6) is 0 Å². The molecular weight excluding hydrogens is 184 g/mol.